The summed E-state index contributed by atoms with van der Waals surface area (Å²) in [5, 5.41) is 10.0. The fourth-order valence-corrected chi connectivity index (χ4v) is 6.61. The van der Waals surface area contributed by atoms with Gasteiger partial charge in [-0.25, -0.2) is 9.59 Å². The predicted octanol–water partition coefficient (Wildman–Crippen LogP) is 6.50. The topological polar surface area (TPSA) is 66.8 Å². The van der Waals surface area contributed by atoms with Gasteiger partial charge in [-0.05, 0) is 67.1 Å². The van der Waals surface area contributed by atoms with E-state index >= 15 is 0 Å². The van der Waals surface area contributed by atoms with Gasteiger partial charge < -0.3 is 14.7 Å². The molecule has 32 heavy (non-hydrogen) atoms. The Morgan fingerprint density at radius 2 is 1.84 bits per heavy atom. The zero-order valence-electron chi connectivity index (χ0n) is 19.0. The SMILES string of the molecule is CCOC(=O)N1CCC(c2cc(-c3ccccc3)sc2C(=O)O)C(C2CCC(C)CC2)C1. The first kappa shape index (κ1) is 22.8. The number of nitrogens with zero attached hydrogens (tertiary/aromatic N) is 1. The molecule has 5 nitrogen and oxygen atoms in total. The molecule has 1 saturated carbocycles. The van der Waals surface area contributed by atoms with Crippen LogP contribution in [0.15, 0.2) is 36.4 Å². The maximum Gasteiger partial charge on any atom is 0.409 e. The molecule has 1 aromatic carbocycles. The average Bonchev–Trinajstić information content (AvgIpc) is 3.26. The Morgan fingerprint density at radius 1 is 1.12 bits per heavy atom. The van der Waals surface area contributed by atoms with E-state index in [1.54, 1.807) is 0 Å². The van der Waals surface area contributed by atoms with E-state index < -0.39 is 5.97 Å². The third-order valence-electron chi connectivity index (χ3n) is 7.26. The lowest BCUT2D eigenvalue weighted by atomic mass is 9.68. The van der Waals surface area contributed by atoms with E-state index in [9.17, 15) is 14.7 Å². The third kappa shape index (κ3) is 4.85. The number of likely N-dealkylation sites (tertiary alicyclic amines) is 1. The minimum Gasteiger partial charge on any atom is -0.477 e. The quantitative estimate of drug-likeness (QED) is 0.559. The van der Waals surface area contributed by atoms with Gasteiger partial charge in [-0.15, -0.1) is 11.3 Å². The van der Waals surface area contributed by atoms with Gasteiger partial charge in [0.25, 0.3) is 0 Å². The standard InChI is InChI=1S/C26H33NO4S/c1-3-31-26(30)27-14-13-20(22(16-27)18-11-9-17(2)10-12-18)21-15-23(32-24(21)25(28)29)19-7-5-4-6-8-19/h4-8,15,17-18,20,22H,3,9-14,16H2,1-2H3,(H,28,29). The van der Waals surface area contributed by atoms with E-state index in [0.29, 0.717) is 30.5 Å². The molecule has 0 bridgehead atoms. The first-order chi connectivity index (χ1) is 15.5. The van der Waals surface area contributed by atoms with Crippen LogP contribution in [0.5, 0.6) is 0 Å². The Hall–Kier alpha value is -2.34. The second kappa shape index (κ2) is 10.1. The number of carbonyl (C=O) groups is 2. The van der Waals surface area contributed by atoms with Gasteiger partial charge >= 0.3 is 12.1 Å². The van der Waals surface area contributed by atoms with Crippen LogP contribution in [0.1, 0.15) is 67.1 Å². The Labute approximate surface area is 194 Å². The molecule has 0 spiro atoms. The van der Waals surface area contributed by atoms with Crippen LogP contribution in [0.4, 0.5) is 4.79 Å². The van der Waals surface area contributed by atoms with Crippen LogP contribution in [-0.2, 0) is 4.74 Å². The van der Waals surface area contributed by atoms with Crippen molar-refractivity contribution in [1.82, 2.24) is 4.90 Å². The molecule has 1 amide bonds. The smallest absolute Gasteiger partial charge is 0.409 e. The highest BCUT2D eigenvalue weighted by Crippen LogP contribution is 2.47. The fourth-order valence-electron chi connectivity index (χ4n) is 5.53. The molecule has 6 heteroatoms. The van der Waals surface area contributed by atoms with Crippen molar-refractivity contribution in [2.45, 2.75) is 51.9 Å². The van der Waals surface area contributed by atoms with Crippen molar-refractivity contribution in [3.63, 3.8) is 0 Å². The van der Waals surface area contributed by atoms with E-state index in [1.807, 2.05) is 42.2 Å². The molecule has 4 rings (SSSR count). The lowest BCUT2D eigenvalue weighted by Crippen LogP contribution is -2.46. The van der Waals surface area contributed by atoms with E-state index in [4.69, 9.17) is 4.74 Å². The van der Waals surface area contributed by atoms with E-state index in [2.05, 4.69) is 13.0 Å². The number of benzene rings is 1. The zero-order chi connectivity index (χ0) is 22.7. The summed E-state index contributed by atoms with van der Waals surface area (Å²) in [6.07, 6.45) is 5.25. The van der Waals surface area contributed by atoms with Crippen molar-refractivity contribution in [3.8, 4) is 10.4 Å². The first-order valence-corrected chi connectivity index (χ1v) is 12.6. The molecule has 2 atom stereocenters. The molecule has 0 radical (unpaired) electrons. The number of carboxylic acids is 1. The monoisotopic (exact) mass is 455 g/mol. The summed E-state index contributed by atoms with van der Waals surface area (Å²) in [6, 6.07) is 12.1. The number of hydrogen-bond donors (Lipinski definition) is 1. The molecule has 172 valence electrons. The van der Waals surface area contributed by atoms with E-state index in [-0.39, 0.29) is 17.9 Å². The molecular formula is C26H33NO4S. The Balaban J connectivity index is 1.67. The fraction of sp³-hybridized carbons (Fsp3) is 0.538. The molecule has 1 aliphatic heterocycles. The largest absolute Gasteiger partial charge is 0.477 e. The summed E-state index contributed by atoms with van der Waals surface area (Å²) in [6.45, 7) is 5.78. The number of ether oxygens (including phenoxy) is 1. The highest BCUT2D eigenvalue weighted by molar-refractivity contribution is 7.17. The molecule has 2 heterocycles. The van der Waals surface area contributed by atoms with Crippen molar-refractivity contribution in [1.29, 1.82) is 0 Å². The summed E-state index contributed by atoms with van der Waals surface area (Å²) >= 11 is 1.37. The van der Waals surface area contributed by atoms with Crippen LogP contribution in [0, 0.1) is 17.8 Å². The summed E-state index contributed by atoms with van der Waals surface area (Å²) in [5.74, 6) is 0.817. The molecule has 2 aromatic rings. The van der Waals surface area contributed by atoms with Crippen LogP contribution >= 0.6 is 11.3 Å². The van der Waals surface area contributed by atoms with Crippen molar-refractivity contribution in [2.24, 2.45) is 17.8 Å². The average molecular weight is 456 g/mol. The molecule has 1 saturated heterocycles. The number of carbonyl (C=O) groups excluding carboxylic acids is 1. The third-order valence-corrected chi connectivity index (χ3v) is 8.45. The number of rotatable bonds is 5. The lowest BCUT2D eigenvalue weighted by Gasteiger charge is -2.44. The second-order valence-electron chi connectivity index (χ2n) is 9.29. The van der Waals surface area contributed by atoms with Gasteiger partial charge in [0.2, 0.25) is 0 Å². The van der Waals surface area contributed by atoms with Crippen molar-refractivity contribution in [2.75, 3.05) is 19.7 Å². The highest BCUT2D eigenvalue weighted by Gasteiger charge is 2.40. The zero-order valence-corrected chi connectivity index (χ0v) is 19.8. The van der Waals surface area contributed by atoms with Gasteiger partial charge in [0.1, 0.15) is 4.88 Å². The van der Waals surface area contributed by atoms with Gasteiger partial charge in [0, 0.05) is 18.0 Å². The Kier molecular flexibility index (Phi) is 7.19. The number of piperidine rings is 1. The van der Waals surface area contributed by atoms with E-state index in [0.717, 1.165) is 41.2 Å². The predicted molar refractivity (Wildman–Crippen MR) is 127 cm³/mol. The minimum absolute atomic E-state index is 0.152. The van der Waals surface area contributed by atoms with Crippen LogP contribution in [0.3, 0.4) is 0 Å². The summed E-state index contributed by atoms with van der Waals surface area (Å²) in [7, 11) is 0. The summed E-state index contributed by atoms with van der Waals surface area (Å²) in [5.41, 5.74) is 2.01. The lowest BCUT2D eigenvalue weighted by molar-refractivity contribution is 0.0587. The van der Waals surface area contributed by atoms with Gasteiger partial charge in [-0.3, -0.25) is 0 Å². The van der Waals surface area contributed by atoms with Crippen molar-refractivity contribution < 1.29 is 19.4 Å². The van der Waals surface area contributed by atoms with Gasteiger partial charge in [-0.1, -0.05) is 50.1 Å². The maximum absolute atomic E-state index is 12.5. The number of thiophene rings is 1. The van der Waals surface area contributed by atoms with Crippen LogP contribution in [0.2, 0.25) is 0 Å². The number of hydrogen-bond acceptors (Lipinski definition) is 4. The molecule has 1 aromatic heterocycles. The van der Waals surface area contributed by atoms with Crippen LogP contribution in [0.25, 0.3) is 10.4 Å². The van der Waals surface area contributed by atoms with Crippen molar-refractivity contribution >= 4 is 23.4 Å². The van der Waals surface area contributed by atoms with Crippen molar-refractivity contribution in [3.05, 3.63) is 46.8 Å². The van der Waals surface area contributed by atoms with Gasteiger partial charge in [-0.2, -0.15) is 0 Å². The minimum atomic E-state index is -0.851. The highest BCUT2D eigenvalue weighted by atomic mass is 32.1. The second-order valence-corrected chi connectivity index (χ2v) is 10.3. The number of carboxylic acid groups (broad SMARTS) is 1. The molecule has 1 N–H and O–H groups in total. The Bertz CT molecular complexity index is 933. The number of amides is 1. The Morgan fingerprint density at radius 3 is 2.50 bits per heavy atom. The van der Waals surface area contributed by atoms with E-state index in [1.165, 1.54) is 24.2 Å². The maximum atomic E-state index is 12.5. The molecule has 1 aliphatic carbocycles. The normalized spacial score (nSPS) is 26.0. The summed E-state index contributed by atoms with van der Waals surface area (Å²) in [4.78, 5) is 28.0. The van der Waals surface area contributed by atoms with Crippen LogP contribution < -0.4 is 0 Å². The summed E-state index contributed by atoms with van der Waals surface area (Å²) < 4.78 is 5.29. The molecule has 2 unspecified atom stereocenters. The molecular weight excluding hydrogens is 422 g/mol. The first-order valence-electron chi connectivity index (χ1n) is 11.8. The molecule has 2 fully saturated rings. The molecule has 2 aliphatic rings. The number of aromatic carboxylic acids is 1. The van der Waals surface area contributed by atoms with Gasteiger partial charge in [0.05, 0.1) is 6.61 Å². The van der Waals surface area contributed by atoms with Crippen LogP contribution in [-0.4, -0.2) is 41.8 Å². The van der Waals surface area contributed by atoms with Gasteiger partial charge in [0.15, 0.2) is 0 Å².